The molecule has 1 amide bonds. The Kier molecular flexibility index (Phi) is 7.12. The van der Waals surface area contributed by atoms with E-state index < -0.39 is 10.0 Å². The van der Waals surface area contributed by atoms with Crippen molar-refractivity contribution in [2.24, 2.45) is 0 Å². The fourth-order valence-corrected chi connectivity index (χ4v) is 7.17. The van der Waals surface area contributed by atoms with E-state index in [1.54, 1.807) is 35.2 Å². The number of carbonyl (C=O) groups is 1. The summed E-state index contributed by atoms with van der Waals surface area (Å²) in [5.41, 5.74) is 4.45. The Morgan fingerprint density at radius 2 is 1.77 bits per heavy atom. The van der Waals surface area contributed by atoms with E-state index in [9.17, 15) is 17.6 Å². The SMILES string of the molecule is CCN1C(=O)C(=Cc2cn(Cc3ccc(F)cc3)c3ccc(Br)cc23)c2cc(S(=O)(=O)N3CCOCC3)ccc21. The van der Waals surface area contributed by atoms with Crippen molar-refractivity contribution in [1.82, 2.24) is 8.87 Å². The molecule has 0 aliphatic carbocycles. The van der Waals surface area contributed by atoms with Gasteiger partial charge in [-0.05, 0) is 67.1 Å². The monoisotopic (exact) mass is 623 g/mol. The van der Waals surface area contributed by atoms with E-state index in [0.717, 1.165) is 26.5 Å². The molecular formula is C30H27BrFN3O4S. The summed E-state index contributed by atoms with van der Waals surface area (Å²) in [6.45, 7) is 4.18. The van der Waals surface area contributed by atoms with Gasteiger partial charge >= 0.3 is 0 Å². The third-order valence-electron chi connectivity index (χ3n) is 7.39. The fourth-order valence-electron chi connectivity index (χ4n) is 5.37. The van der Waals surface area contributed by atoms with E-state index in [0.29, 0.717) is 56.2 Å². The van der Waals surface area contributed by atoms with E-state index >= 15 is 0 Å². The molecule has 2 aliphatic rings. The summed E-state index contributed by atoms with van der Waals surface area (Å²) in [6.07, 6.45) is 3.82. The number of rotatable bonds is 6. The van der Waals surface area contributed by atoms with Crippen LogP contribution in [-0.2, 0) is 26.1 Å². The minimum atomic E-state index is -3.74. The second kappa shape index (κ2) is 10.6. The number of amides is 1. The van der Waals surface area contributed by atoms with Gasteiger partial charge in [0.05, 0.1) is 23.8 Å². The molecule has 0 atom stereocenters. The molecule has 206 valence electrons. The molecule has 2 aliphatic heterocycles. The smallest absolute Gasteiger partial charge is 0.258 e. The highest BCUT2D eigenvalue weighted by molar-refractivity contribution is 9.10. The Labute approximate surface area is 240 Å². The van der Waals surface area contributed by atoms with Gasteiger partial charge in [-0.25, -0.2) is 12.8 Å². The zero-order chi connectivity index (χ0) is 28.0. The minimum absolute atomic E-state index is 0.159. The zero-order valence-electron chi connectivity index (χ0n) is 21.8. The zero-order valence-corrected chi connectivity index (χ0v) is 24.2. The van der Waals surface area contributed by atoms with Crippen LogP contribution in [0.1, 0.15) is 23.6 Å². The van der Waals surface area contributed by atoms with Crippen LogP contribution in [0.5, 0.6) is 0 Å². The molecule has 40 heavy (non-hydrogen) atoms. The molecule has 4 aromatic rings. The first-order valence-corrected chi connectivity index (χ1v) is 15.3. The first kappa shape index (κ1) is 26.9. The van der Waals surface area contributed by atoms with E-state index in [1.807, 2.05) is 37.4 Å². The molecule has 1 aromatic heterocycles. The van der Waals surface area contributed by atoms with Crippen LogP contribution in [-0.4, -0.2) is 56.0 Å². The average molecular weight is 625 g/mol. The molecule has 3 aromatic carbocycles. The van der Waals surface area contributed by atoms with Crippen molar-refractivity contribution in [2.45, 2.75) is 18.4 Å². The van der Waals surface area contributed by atoms with E-state index in [-0.39, 0.29) is 16.6 Å². The van der Waals surface area contributed by atoms with Crippen LogP contribution in [0.2, 0.25) is 0 Å². The Balaban J connectivity index is 1.46. The van der Waals surface area contributed by atoms with Crippen LogP contribution >= 0.6 is 15.9 Å². The Morgan fingerprint density at radius 3 is 2.50 bits per heavy atom. The minimum Gasteiger partial charge on any atom is -0.379 e. The lowest BCUT2D eigenvalue weighted by atomic mass is 10.0. The molecule has 0 bridgehead atoms. The van der Waals surface area contributed by atoms with Crippen LogP contribution in [0.25, 0.3) is 22.6 Å². The number of benzene rings is 3. The quantitative estimate of drug-likeness (QED) is 0.265. The number of sulfonamides is 1. The number of carbonyl (C=O) groups excluding carboxylic acids is 1. The predicted molar refractivity (Wildman–Crippen MR) is 157 cm³/mol. The van der Waals surface area contributed by atoms with Gasteiger partial charge in [-0.15, -0.1) is 0 Å². The second-order valence-electron chi connectivity index (χ2n) is 9.80. The van der Waals surface area contributed by atoms with Gasteiger partial charge in [-0.2, -0.15) is 4.31 Å². The summed E-state index contributed by atoms with van der Waals surface area (Å²) >= 11 is 3.56. The Bertz CT molecular complexity index is 1760. The molecule has 0 radical (unpaired) electrons. The number of likely N-dealkylation sites (N-methyl/N-ethyl adjacent to an activating group) is 1. The molecule has 6 rings (SSSR count). The normalized spacial score (nSPS) is 17.2. The molecule has 0 saturated carbocycles. The lowest BCUT2D eigenvalue weighted by Gasteiger charge is -2.26. The summed E-state index contributed by atoms with van der Waals surface area (Å²) in [7, 11) is -3.74. The molecule has 7 nitrogen and oxygen atoms in total. The lowest BCUT2D eigenvalue weighted by Crippen LogP contribution is -2.40. The van der Waals surface area contributed by atoms with Gasteiger partial charge in [-0.1, -0.05) is 28.1 Å². The van der Waals surface area contributed by atoms with Crippen molar-refractivity contribution in [1.29, 1.82) is 0 Å². The number of morpholine rings is 1. The molecule has 1 saturated heterocycles. The fraction of sp³-hybridized carbons (Fsp3) is 0.233. The third kappa shape index (κ3) is 4.79. The molecule has 3 heterocycles. The summed E-state index contributed by atoms with van der Waals surface area (Å²) < 4.78 is 50.0. The van der Waals surface area contributed by atoms with Crippen molar-refractivity contribution in [2.75, 3.05) is 37.7 Å². The molecule has 1 fully saturated rings. The summed E-state index contributed by atoms with van der Waals surface area (Å²) in [5, 5.41) is 0.936. The number of nitrogens with zero attached hydrogens (tertiary/aromatic N) is 3. The van der Waals surface area contributed by atoms with Gasteiger partial charge in [0.2, 0.25) is 10.0 Å². The molecule has 0 unspecified atom stereocenters. The number of aromatic nitrogens is 1. The van der Waals surface area contributed by atoms with Crippen molar-refractivity contribution in [3.05, 3.63) is 93.8 Å². The van der Waals surface area contributed by atoms with Crippen molar-refractivity contribution < 1.29 is 22.3 Å². The highest BCUT2D eigenvalue weighted by atomic mass is 79.9. The van der Waals surface area contributed by atoms with Gasteiger partial charge in [-0.3, -0.25) is 4.79 Å². The predicted octanol–water partition coefficient (Wildman–Crippen LogP) is 5.52. The Morgan fingerprint density at radius 1 is 1.02 bits per heavy atom. The van der Waals surface area contributed by atoms with Gasteiger partial charge < -0.3 is 14.2 Å². The summed E-state index contributed by atoms with van der Waals surface area (Å²) in [4.78, 5) is 15.4. The maximum atomic E-state index is 13.6. The summed E-state index contributed by atoms with van der Waals surface area (Å²) in [5.74, 6) is -0.461. The van der Waals surface area contributed by atoms with Crippen LogP contribution in [0.3, 0.4) is 0 Å². The van der Waals surface area contributed by atoms with Crippen LogP contribution in [0.15, 0.2) is 76.2 Å². The van der Waals surface area contributed by atoms with Gasteiger partial charge in [0, 0.05) is 64.5 Å². The topological polar surface area (TPSA) is 71.9 Å². The van der Waals surface area contributed by atoms with Gasteiger partial charge in [0.15, 0.2) is 0 Å². The first-order chi connectivity index (χ1) is 19.3. The number of hydrogen-bond donors (Lipinski definition) is 0. The van der Waals surface area contributed by atoms with Gasteiger partial charge in [0.25, 0.3) is 5.91 Å². The number of fused-ring (bicyclic) bond motifs is 2. The van der Waals surface area contributed by atoms with Crippen LogP contribution < -0.4 is 4.90 Å². The molecule has 0 spiro atoms. The maximum absolute atomic E-state index is 13.6. The largest absolute Gasteiger partial charge is 0.379 e. The number of halogens is 2. The van der Waals surface area contributed by atoms with Gasteiger partial charge in [0.1, 0.15) is 5.82 Å². The number of hydrogen-bond acceptors (Lipinski definition) is 4. The molecular weight excluding hydrogens is 597 g/mol. The number of anilines is 1. The second-order valence-corrected chi connectivity index (χ2v) is 12.7. The third-order valence-corrected chi connectivity index (χ3v) is 9.78. The average Bonchev–Trinajstić information content (AvgIpc) is 3.43. The van der Waals surface area contributed by atoms with Crippen molar-refractivity contribution in [3.8, 4) is 0 Å². The van der Waals surface area contributed by atoms with Crippen molar-refractivity contribution >= 4 is 60.1 Å². The standard InChI is InChI=1S/C30H27BrFN3O4S/c1-2-35-29-10-8-24(40(37,38)34-11-13-39-14-12-34)17-26(29)27(30(35)36)15-21-19-33(18-20-3-6-23(32)7-4-20)28-9-5-22(31)16-25(21)28/h3-10,15-17,19H,2,11-14,18H2,1H3. The van der Waals surface area contributed by atoms with E-state index in [1.165, 1.54) is 16.4 Å². The van der Waals surface area contributed by atoms with E-state index in [2.05, 4.69) is 20.5 Å². The van der Waals surface area contributed by atoms with Crippen LogP contribution in [0, 0.1) is 5.82 Å². The highest BCUT2D eigenvalue weighted by Crippen LogP contribution is 2.40. The van der Waals surface area contributed by atoms with Crippen LogP contribution in [0.4, 0.5) is 10.1 Å². The molecule has 0 N–H and O–H groups in total. The highest BCUT2D eigenvalue weighted by Gasteiger charge is 2.34. The number of ether oxygens (including phenoxy) is 1. The maximum Gasteiger partial charge on any atom is 0.258 e. The summed E-state index contributed by atoms with van der Waals surface area (Å²) in [6, 6.07) is 17.3. The first-order valence-electron chi connectivity index (χ1n) is 13.0. The molecule has 10 heteroatoms. The van der Waals surface area contributed by atoms with E-state index in [4.69, 9.17) is 4.74 Å². The van der Waals surface area contributed by atoms with Crippen molar-refractivity contribution in [3.63, 3.8) is 0 Å². The Hall–Kier alpha value is -3.31. The lowest BCUT2D eigenvalue weighted by molar-refractivity contribution is -0.112.